The maximum absolute atomic E-state index is 12.9. The number of aromatic nitrogens is 2. The van der Waals surface area contributed by atoms with Gasteiger partial charge in [-0.1, -0.05) is 35.9 Å². The number of benzene rings is 2. The highest BCUT2D eigenvalue weighted by atomic mass is 32.2. The third kappa shape index (κ3) is 3.37. The molecule has 3 heterocycles. The zero-order valence-corrected chi connectivity index (χ0v) is 18.4. The zero-order chi connectivity index (χ0) is 20.7. The zero-order valence-electron chi connectivity index (χ0n) is 16.7. The fourth-order valence-corrected chi connectivity index (χ4v) is 6.79. The van der Waals surface area contributed by atoms with Gasteiger partial charge >= 0.3 is 0 Å². The van der Waals surface area contributed by atoms with Crippen molar-refractivity contribution >= 4 is 32.4 Å². The average molecular weight is 438 g/mol. The lowest BCUT2D eigenvalue weighted by molar-refractivity contribution is 0.313. The van der Waals surface area contributed by atoms with Gasteiger partial charge in [-0.05, 0) is 55.5 Å². The SMILES string of the molecule is Cc1ccc(-n2c(C3CCN(S(=O)(=O)c4cccs4)CC3)nc3ccccc32)cc1. The number of fused-ring (bicyclic) bond motifs is 1. The summed E-state index contributed by atoms with van der Waals surface area (Å²) >= 11 is 1.28. The number of imidazole rings is 1. The van der Waals surface area contributed by atoms with Crippen molar-refractivity contribution in [3.05, 3.63) is 77.4 Å². The topological polar surface area (TPSA) is 55.2 Å². The van der Waals surface area contributed by atoms with Crippen LogP contribution in [0, 0.1) is 6.92 Å². The van der Waals surface area contributed by atoms with Gasteiger partial charge < -0.3 is 0 Å². The van der Waals surface area contributed by atoms with Gasteiger partial charge in [0.05, 0.1) is 11.0 Å². The second-order valence-electron chi connectivity index (χ2n) is 7.74. The average Bonchev–Trinajstić information content (AvgIpc) is 3.43. The standard InChI is InChI=1S/C23H23N3O2S2/c1-17-8-10-19(11-9-17)26-21-6-3-2-5-20(21)24-23(26)18-12-14-25(15-13-18)30(27,28)22-7-4-16-29-22/h2-11,16,18H,12-15H2,1H3. The van der Waals surface area contributed by atoms with Crippen molar-refractivity contribution < 1.29 is 8.42 Å². The molecule has 0 radical (unpaired) electrons. The Bertz CT molecular complexity index is 1270. The summed E-state index contributed by atoms with van der Waals surface area (Å²) in [7, 11) is -3.39. The Morgan fingerprint density at radius 1 is 0.967 bits per heavy atom. The Hall–Kier alpha value is -2.48. The molecular formula is C23H23N3O2S2. The van der Waals surface area contributed by atoms with Gasteiger partial charge in [0.2, 0.25) is 0 Å². The number of sulfonamides is 1. The molecule has 0 aliphatic carbocycles. The number of nitrogens with zero attached hydrogens (tertiary/aromatic N) is 3. The highest BCUT2D eigenvalue weighted by Gasteiger charge is 2.32. The first-order valence-corrected chi connectivity index (χ1v) is 12.4. The fourth-order valence-electron chi connectivity index (χ4n) is 4.18. The van der Waals surface area contributed by atoms with Crippen LogP contribution in [0.5, 0.6) is 0 Å². The van der Waals surface area contributed by atoms with Gasteiger partial charge in [-0.2, -0.15) is 4.31 Å². The van der Waals surface area contributed by atoms with Crippen LogP contribution >= 0.6 is 11.3 Å². The molecular weight excluding hydrogens is 414 g/mol. The highest BCUT2D eigenvalue weighted by molar-refractivity contribution is 7.91. The smallest absolute Gasteiger partial charge is 0.252 e. The molecule has 0 amide bonds. The molecule has 5 rings (SSSR count). The van der Waals surface area contributed by atoms with Crippen LogP contribution in [0.25, 0.3) is 16.7 Å². The third-order valence-electron chi connectivity index (χ3n) is 5.79. The second-order valence-corrected chi connectivity index (χ2v) is 10.9. The van der Waals surface area contributed by atoms with Crippen LogP contribution in [-0.4, -0.2) is 35.4 Å². The first-order valence-electron chi connectivity index (χ1n) is 10.1. The lowest BCUT2D eigenvalue weighted by atomic mass is 9.97. The molecule has 7 heteroatoms. The molecule has 4 aromatic rings. The minimum atomic E-state index is -3.39. The Morgan fingerprint density at radius 3 is 2.40 bits per heavy atom. The van der Waals surface area contributed by atoms with Gasteiger partial charge in [0, 0.05) is 24.7 Å². The predicted molar refractivity (Wildman–Crippen MR) is 121 cm³/mol. The quantitative estimate of drug-likeness (QED) is 0.453. The highest BCUT2D eigenvalue weighted by Crippen LogP contribution is 2.34. The van der Waals surface area contributed by atoms with Crippen molar-refractivity contribution in [2.24, 2.45) is 0 Å². The monoisotopic (exact) mass is 437 g/mol. The molecule has 2 aromatic carbocycles. The van der Waals surface area contributed by atoms with Gasteiger partial charge in [0.25, 0.3) is 10.0 Å². The van der Waals surface area contributed by atoms with E-state index in [0.29, 0.717) is 17.3 Å². The molecule has 30 heavy (non-hydrogen) atoms. The summed E-state index contributed by atoms with van der Waals surface area (Å²) in [5, 5.41) is 1.81. The van der Waals surface area contributed by atoms with E-state index in [1.54, 1.807) is 16.4 Å². The van der Waals surface area contributed by atoms with Gasteiger partial charge in [-0.25, -0.2) is 13.4 Å². The van der Waals surface area contributed by atoms with E-state index >= 15 is 0 Å². The minimum Gasteiger partial charge on any atom is -0.296 e. The lowest BCUT2D eigenvalue weighted by Gasteiger charge is -2.30. The van der Waals surface area contributed by atoms with Crippen LogP contribution in [0.2, 0.25) is 0 Å². The first-order chi connectivity index (χ1) is 14.5. The van der Waals surface area contributed by atoms with E-state index in [-0.39, 0.29) is 5.92 Å². The maximum atomic E-state index is 12.9. The van der Waals surface area contributed by atoms with Crippen LogP contribution in [-0.2, 0) is 10.0 Å². The molecule has 0 N–H and O–H groups in total. The van der Waals surface area contributed by atoms with E-state index in [1.165, 1.54) is 16.9 Å². The van der Waals surface area contributed by atoms with Crippen molar-refractivity contribution in [3.8, 4) is 5.69 Å². The number of hydrogen-bond donors (Lipinski definition) is 0. The van der Waals surface area contributed by atoms with Crippen molar-refractivity contribution in [3.63, 3.8) is 0 Å². The number of para-hydroxylation sites is 2. The molecule has 0 atom stereocenters. The van der Waals surface area contributed by atoms with Crippen molar-refractivity contribution in [1.82, 2.24) is 13.9 Å². The van der Waals surface area contributed by atoms with E-state index in [1.807, 2.05) is 23.6 Å². The van der Waals surface area contributed by atoms with E-state index in [9.17, 15) is 8.42 Å². The second kappa shape index (κ2) is 7.65. The summed E-state index contributed by atoms with van der Waals surface area (Å²) in [6.07, 6.45) is 1.53. The normalized spacial score (nSPS) is 16.3. The Balaban J connectivity index is 1.48. The summed E-state index contributed by atoms with van der Waals surface area (Å²) < 4.78 is 30.0. The third-order valence-corrected chi connectivity index (χ3v) is 9.06. The van der Waals surface area contributed by atoms with E-state index in [0.717, 1.165) is 35.4 Å². The van der Waals surface area contributed by atoms with Crippen molar-refractivity contribution in [2.75, 3.05) is 13.1 Å². The fraction of sp³-hybridized carbons (Fsp3) is 0.261. The molecule has 0 spiro atoms. The summed E-state index contributed by atoms with van der Waals surface area (Å²) in [4.78, 5) is 4.97. The molecule has 1 aliphatic rings. The Kier molecular flexibility index (Phi) is 4.97. The molecule has 1 aliphatic heterocycles. The Labute approximate surface area is 180 Å². The molecule has 0 saturated carbocycles. The summed E-state index contributed by atoms with van der Waals surface area (Å²) in [6, 6.07) is 20.1. The number of hydrogen-bond acceptors (Lipinski definition) is 4. The summed E-state index contributed by atoms with van der Waals surface area (Å²) in [6.45, 7) is 3.12. The maximum Gasteiger partial charge on any atom is 0.252 e. The number of aryl methyl sites for hydroxylation is 1. The largest absolute Gasteiger partial charge is 0.296 e. The van der Waals surface area contributed by atoms with Crippen LogP contribution in [0.4, 0.5) is 0 Å². The van der Waals surface area contributed by atoms with E-state index < -0.39 is 10.0 Å². The Morgan fingerprint density at radius 2 is 1.70 bits per heavy atom. The van der Waals surface area contributed by atoms with Gasteiger partial charge in [-0.15, -0.1) is 11.3 Å². The van der Waals surface area contributed by atoms with Crippen molar-refractivity contribution in [2.45, 2.75) is 29.9 Å². The van der Waals surface area contributed by atoms with Gasteiger partial charge in [0.15, 0.2) is 0 Å². The van der Waals surface area contributed by atoms with Crippen LogP contribution < -0.4 is 0 Å². The number of piperidine rings is 1. The molecule has 1 fully saturated rings. The first kappa shape index (κ1) is 19.5. The molecule has 0 unspecified atom stereocenters. The molecule has 0 bridgehead atoms. The van der Waals surface area contributed by atoms with Crippen LogP contribution in [0.15, 0.2) is 70.3 Å². The van der Waals surface area contributed by atoms with Gasteiger partial charge in [0.1, 0.15) is 10.0 Å². The van der Waals surface area contributed by atoms with E-state index in [2.05, 4.69) is 41.8 Å². The summed E-state index contributed by atoms with van der Waals surface area (Å²) in [5.74, 6) is 1.24. The number of rotatable bonds is 4. The number of thiophene rings is 1. The van der Waals surface area contributed by atoms with Gasteiger partial charge in [-0.3, -0.25) is 4.57 Å². The van der Waals surface area contributed by atoms with Crippen LogP contribution in [0.1, 0.15) is 30.1 Å². The lowest BCUT2D eigenvalue weighted by Crippen LogP contribution is -2.38. The van der Waals surface area contributed by atoms with Crippen LogP contribution in [0.3, 0.4) is 0 Å². The summed E-state index contributed by atoms with van der Waals surface area (Å²) in [5.41, 5.74) is 4.38. The molecule has 154 valence electrons. The minimum absolute atomic E-state index is 0.216. The molecule has 2 aromatic heterocycles. The van der Waals surface area contributed by atoms with Crippen molar-refractivity contribution in [1.29, 1.82) is 0 Å². The molecule has 1 saturated heterocycles. The van der Waals surface area contributed by atoms with E-state index in [4.69, 9.17) is 4.98 Å². The predicted octanol–water partition coefficient (Wildman–Crippen LogP) is 4.96. The molecule has 5 nitrogen and oxygen atoms in total.